The predicted molar refractivity (Wildman–Crippen MR) is 95.7 cm³/mol. The van der Waals surface area contributed by atoms with Crippen LogP contribution in [-0.4, -0.2) is 35.4 Å². The van der Waals surface area contributed by atoms with Crippen LogP contribution in [0.1, 0.15) is 12.6 Å². The number of hydrogen-bond donors (Lipinski definition) is 2. The van der Waals surface area contributed by atoms with Gasteiger partial charge < -0.3 is 15.4 Å². The molecule has 0 aliphatic carbocycles. The second-order valence-corrected chi connectivity index (χ2v) is 5.79. The fourth-order valence-electron chi connectivity index (χ4n) is 1.93. The molecule has 23 heavy (non-hydrogen) atoms. The Balaban J connectivity index is 1.77. The molecule has 0 saturated heterocycles. The molecule has 2 N–H and O–H groups in total. The minimum atomic E-state index is 0.567. The summed E-state index contributed by atoms with van der Waals surface area (Å²) in [4.78, 5) is 4.54. The Morgan fingerprint density at radius 1 is 1.26 bits per heavy atom. The standard InChI is InChI=1S/C16H22BrN5O/c1-3-18-16(20-12-14-8-9-21-22(14)2)19-10-11-23-15-6-4-13(17)5-7-15/h4-9H,3,10-12H2,1-2H3,(H2,18,19,20). The van der Waals surface area contributed by atoms with E-state index >= 15 is 0 Å². The van der Waals surface area contributed by atoms with Crippen molar-refractivity contribution in [3.8, 4) is 5.75 Å². The molecule has 124 valence electrons. The molecule has 1 aromatic heterocycles. The van der Waals surface area contributed by atoms with Gasteiger partial charge in [0.05, 0.1) is 18.8 Å². The fourth-order valence-corrected chi connectivity index (χ4v) is 2.19. The summed E-state index contributed by atoms with van der Waals surface area (Å²) in [5.41, 5.74) is 1.06. The van der Waals surface area contributed by atoms with Crippen LogP contribution in [0.4, 0.5) is 0 Å². The largest absolute Gasteiger partial charge is 0.492 e. The van der Waals surface area contributed by atoms with Gasteiger partial charge in [0.25, 0.3) is 0 Å². The maximum Gasteiger partial charge on any atom is 0.191 e. The molecule has 7 heteroatoms. The highest BCUT2D eigenvalue weighted by molar-refractivity contribution is 9.10. The monoisotopic (exact) mass is 379 g/mol. The maximum absolute atomic E-state index is 5.68. The van der Waals surface area contributed by atoms with Crippen molar-refractivity contribution >= 4 is 21.9 Å². The number of ether oxygens (including phenoxy) is 1. The highest BCUT2D eigenvalue weighted by atomic mass is 79.9. The number of benzene rings is 1. The van der Waals surface area contributed by atoms with Gasteiger partial charge in [0, 0.05) is 24.3 Å². The van der Waals surface area contributed by atoms with E-state index in [4.69, 9.17) is 4.74 Å². The Morgan fingerprint density at radius 2 is 2.04 bits per heavy atom. The fraction of sp³-hybridized carbons (Fsp3) is 0.375. The van der Waals surface area contributed by atoms with Crippen molar-refractivity contribution in [3.63, 3.8) is 0 Å². The van der Waals surface area contributed by atoms with Crippen LogP contribution < -0.4 is 15.4 Å². The van der Waals surface area contributed by atoms with Crippen molar-refractivity contribution < 1.29 is 4.74 Å². The lowest BCUT2D eigenvalue weighted by molar-refractivity contribution is 0.322. The Kier molecular flexibility index (Phi) is 6.93. The van der Waals surface area contributed by atoms with Crippen molar-refractivity contribution in [2.75, 3.05) is 19.7 Å². The molecule has 0 atom stereocenters. The average Bonchev–Trinajstić information content (AvgIpc) is 2.96. The van der Waals surface area contributed by atoms with E-state index < -0.39 is 0 Å². The summed E-state index contributed by atoms with van der Waals surface area (Å²) in [7, 11) is 1.91. The number of aliphatic imine (C=N–C) groups is 1. The average molecular weight is 380 g/mol. The van der Waals surface area contributed by atoms with Crippen LogP contribution >= 0.6 is 15.9 Å². The summed E-state index contributed by atoms with van der Waals surface area (Å²) >= 11 is 3.40. The van der Waals surface area contributed by atoms with E-state index in [0.29, 0.717) is 19.7 Å². The summed E-state index contributed by atoms with van der Waals surface area (Å²) in [6, 6.07) is 9.76. The minimum absolute atomic E-state index is 0.567. The zero-order valence-corrected chi connectivity index (χ0v) is 15.0. The molecule has 0 fully saturated rings. The summed E-state index contributed by atoms with van der Waals surface area (Å²) in [6.45, 7) is 4.68. The molecule has 0 amide bonds. The smallest absolute Gasteiger partial charge is 0.191 e. The van der Waals surface area contributed by atoms with E-state index in [1.54, 1.807) is 6.20 Å². The number of nitrogens with zero attached hydrogens (tertiary/aromatic N) is 3. The number of hydrogen-bond acceptors (Lipinski definition) is 3. The summed E-state index contributed by atoms with van der Waals surface area (Å²) in [5, 5.41) is 10.6. The van der Waals surface area contributed by atoms with Crippen LogP contribution in [0, 0.1) is 0 Å². The molecule has 0 bridgehead atoms. The van der Waals surface area contributed by atoms with Crippen LogP contribution in [0.25, 0.3) is 0 Å². The molecule has 0 spiro atoms. The SMILES string of the molecule is CCNC(=NCc1ccnn1C)NCCOc1ccc(Br)cc1. The first-order chi connectivity index (χ1) is 11.2. The molecule has 6 nitrogen and oxygen atoms in total. The van der Waals surface area contributed by atoms with Gasteiger partial charge in [0.2, 0.25) is 0 Å². The van der Waals surface area contributed by atoms with E-state index in [0.717, 1.165) is 28.4 Å². The van der Waals surface area contributed by atoms with Crippen molar-refractivity contribution in [2.24, 2.45) is 12.0 Å². The van der Waals surface area contributed by atoms with Crippen LogP contribution in [0.15, 0.2) is 46.0 Å². The van der Waals surface area contributed by atoms with Gasteiger partial charge in [-0.2, -0.15) is 5.10 Å². The van der Waals surface area contributed by atoms with Crippen molar-refractivity contribution in [1.82, 2.24) is 20.4 Å². The zero-order chi connectivity index (χ0) is 16.5. The molecule has 0 aliphatic rings. The molecule has 0 saturated carbocycles. The highest BCUT2D eigenvalue weighted by Crippen LogP contribution is 2.15. The van der Waals surface area contributed by atoms with Gasteiger partial charge in [-0.3, -0.25) is 4.68 Å². The first-order valence-corrected chi connectivity index (χ1v) is 8.35. The quantitative estimate of drug-likeness (QED) is 0.440. The maximum atomic E-state index is 5.68. The molecular formula is C16H22BrN5O. The minimum Gasteiger partial charge on any atom is -0.492 e. The predicted octanol–water partition coefficient (Wildman–Crippen LogP) is 2.32. The first kappa shape index (κ1) is 17.3. The normalized spacial score (nSPS) is 11.3. The highest BCUT2D eigenvalue weighted by Gasteiger charge is 2.00. The second-order valence-electron chi connectivity index (χ2n) is 4.87. The van der Waals surface area contributed by atoms with E-state index in [1.165, 1.54) is 0 Å². The molecular weight excluding hydrogens is 358 g/mol. The third kappa shape index (κ3) is 5.94. The summed E-state index contributed by atoms with van der Waals surface area (Å²) in [6.07, 6.45) is 1.78. The Labute approximate surface area is 145 Å². The summed E-state index contributed by atoms with van der Waals surface area (Å²) < 4.78 is 8.54. The van der Waals surface area contributed by atoms with Gasteiger partial charge in [-0.15, -0.1) is 0 Å². The first-order valence-electron chi connectivity index (χ1n) is 7.56. The van der Waals surface area contributed by atoms with Crippen LogP contribution in [0.3, 0.4) is 0 Å². The van der Waals surface area contributed by atoms with Gasteiger partial charge >= 0.3 is 0 Å². The number of rotatable bonds is 7. The Bertz CT molecular complexity index is 624. The van der Waals surface area contributed by atoms with E-state index in [1.807, 2.05) is 49.0 Å². The third-order valence-electron chi connectivity index (χ3n) is 3.14. The summed E-state index contributed by atoms with van der Waals surface area (Å²) in [5.74, 6) is 1.62. The number of halogens is 1. The number of nitrogens with one attached hydrogen (secondary N) is 2. The van der Waals surface area contributed by atoms with Crippen LogP contribution in [0.2, 0.25) is 0 Å². The molecule has 1 heterocycles. The molecule has 1 aromatic carbocycles. The third-order valence-corrected chi connectivity index (χ3v) is 3.67. The van der Waals surface area contributed by atoms with E-state index in [9.17, 15) is 0 Å². The van der Waals surface area contributed by atoms with Crippen LogP contribution in [0.5, 0.6) is 5.75 Å². The topological polar surface area (TPSA) is 63.5 Å². The number of guanidine groups is 1. The lowest BCUT2D eigenvalue weighted by Gasteiger charge is -2.12. The van der Waals surface area contributed by atoms with Gasteiger partial charge in [-0.25, -0.2) is 4.99 Å². The Hall–Kier alpha value is -2.02. The van der Waals surface area contributed by atoms with Gasteiger partial charge in [0.15, 0.2) is 5.96 Å². The molecule has 0 unspecified atom stereocenters. The van der Waals surface area contributed by atoms with Gasteiger partial charge in [-0.1, -0.05) is 15.9 Å². The van der Waals surface area contributed by atoms with Crippen molar-refractivity contribution in [3.05, 3.63) is 46.7 Å². The second kappa shape index (κ2) is 9.19. The Morgan fingerprint density at radius 3 is 2.70 bits per heavy atom. The number of aryl methyl sites for hydroxylation is 1. The van der Waals surface area contributed by atoms with Crippen LogP contribution in [-0.2, 0) is 13.6 Å². The zero-order valence-electron chi connectivity index (χ0n) is 13.4. The molecule has 0 radical (unpaired) electrons. The lowest BCUT2D eigenvalue weighted by Crippen LogP contribution is -2.39. The van der Waals surface area contributed by atoms with Gasteiger partial charge in [0.1, 0.15) is 12.4 Å². The van der Waals surface area contributed by atoms with Crippen molar-refractivity contribution in [1.29, 1.82) is 0 Å². The molecule has 2 aromatic rings. The van der Waals surface area contributed by atoms with Gasteiger partial charge in [-0.05, 0) is 37.3 Å². The van der Waals surface area contributed by atoms with Crippen molar-refractivity contribution in [2.45, 2.75) is 13.5 Å². The number of aromatic nitrogens is 2. The molecule has 0 aliphatic heterocycles. The lowest BCUT2D eigenvalue weighted by atomic mass is 10.3. The van der Waals surface area contributed by atoms with E-state index in [-0.39, 0.29) is 0 Å². The molecule has 2 rings (SSSR count). The van der Waals surface area contributed by atoms with E-state index in [2.05, 4.69) is 36.7 Å².